The van der Waals surface area contributed by atoms with Gasteiger partial charge in [-0.25, -0.2) is 0 Å². The van der Waals surface area contributed by atoms with Crippen LogP contribution in [0.5, 0.6) is 0 Å². The van der Waals surface area contributed by atoms with Crippen LogP contribution in [0, 0.1) is 5.92 Å². The Bertz CT molecular complexity index is 574. The van der Waals surface area contributed by atoms with Crippen molar-refractivity contribution >= 4 is 11.9 Å². The van der Waals surface area contributed by atoms with Crippen molar-refractivity contribution in [2.24, 2.45) is 5.92 Å². The Hall–Kier alpha value is -2.24. The highest BCUT2D eigenvalue weighted by molar-refractivity contribution is 5.91. The molecule has 1 fully saturated rings. The number of hydrogen-bond donors (Lipinski definition) is 2. The van der Waals surface area contributed by atoms with Crippen LogP contribution in [0.15, 0.2) is 24.5 Å². The number of H-pyrrole nitrogens is 1. The second-order valence-corrected chi connectivity index (χ2v) is 5.07. The lowest BCUT2D eigenvalue weighted by atomic mass is 9.89. The van der Waals surface area contributed by atoms with Gasteiger partial charge in [0.1, 0.15) is 0 Å². The molecule has 0 spiro atoms. The number of nitrogens with zero attached hydrogens (tertiary/aromatic N) is 3. The quantitative estimate of drug-likeness (QED) is 0.897. The number of nitrogens with one attached hydrogen (secondary N) is 2. The SMILES string of the molecule is O=C(Nc1n[nH]c(-c2ccncc2)n1)C1CCCCC1. The molecule has 3 rings (SSSR count). The van der Waals surface area contributed by atoms with E-state index in [1.54, 1.807) is 12.4 Å². The summed E-state index contributed by atoms with van der Waals surface area (Å²) in [6.07, 6.45) is 8.82. The van der Waals surface area contributed by atoms with Gasteiger partial charge in [0, 0.05) is 23.9 Å². The second-order valence-electron chi connectivity index (χ2n) is 5.07. The summed E-state index contributed by atoms with van der Waals surface area (Å²) < 4.78 is 0. The zero-order valence-electron chi connectivity index (χ0n) is 11.2. The molecule has 2 N–H and O–H groups in total. The van der Waals surface area contributed by atoms with Crippen LogP contribution in [-0.2, 0) is 4.79 Å². The highest BCUT2D eigenvalue weighted by Gasteiger charge is 2.22. The second kappa shape index (κ2) is 5.81. The fourth-order valence-corrected chi connectivity index (χ4v) is 2.53. The van der Waals surface area contributed by atoms with Gasteiger partial charge in [0.05, 0.1) is 0 Å². The van der Waals surface area contributed by atoms with Gasteiger partial charge in [-0.2, -0.15) is 4.98 Å². The molecule has 0 saturated heterocycles. The molecule has 1 aliphatic carbocycles. The average molecular weight is 271 g/mol. The monoisotopic (exact) mass is 271 g/mol. The standard InChI is InChI=1S/C14H17N5O/c20-13(11-4-2-1-3-5-11)17-14-16-12(18-19-14)10-6-8-15-9-7-10/h6-9,11H,1-5H2,(H2,16,17,18,19,20). The third-order valence-electron chi connectivity index (χ3n) is 3.65. The Morgan fingerprint density at radius 3 is 2.70 bits per heavy atom. The van der Waals surface area contributed by atoms with E-state index in [0.29, 0.717) is 11.8 Å². The Morgan fingerprint density at radius 2 is 1.95 bits per heavy atom. The highest BCUT2D eigenvalue weighted by Crippen LogP contribution is 2.24. The van der Waals surface area contributed by atoms with Gasteiger partial charge in [-0.3, -0.25) is 20.2 Å². The van der Waals surface area contributed by atoms with Gasteiger partial charge in [0.2, 0.25) is 11.9 Å². The van der Waals surface area contributed by atoms with Gasteiger partial charge in [0.15, 0.2) is 5.82 Å². The fraction of sp³-hybridized carbons (Fsp3) is 0.429. The van der Waals surface area contributed by atoms with Gasteiger partial charge in [-0.05, 0) is 25.0 Å². The molecule has 1 saturated carbocycles. The van der Waals surface area contributed by atoms with Crippen LogP contribution < -0.4 is 5.32 Å². The van der Waals surface area contributed by atoms with Crippen molar-refractivity contribution < 1.29 is 4.79 Å². The molecule has 20 heavy (non-hydrogen) atoms. The van der Waals surface area contributed by atoms with Crippen LogP contribution in [-0.4, -0.2) is 26.1 Å². The topological polar surface area (TPSA) is 83.6 Å². The highest BCUT2D eigenvalue weighted by atomic mass is 16.2. The van der Waals surface area contributed by atoms with Gasteiger partial charge in [0.25, 0.3) is 0 Å². The summed E-state index contributed by atoms with van der Waals surface area (Å²) >= 11 is 0. The van der Waals surface area contributed by atoms with Crippen LogP contribution in [0.4, 0.5) is 5.95 Å². The van der Waals surface area contributed by atoms with E-state index >= 15 is 0 Å². The van der Waals surface area contributed by atoms with Crippen molar-refractivity contribution in [1.82, 2.24) is 20.2 Å². The summed E-state index contributed by atoms with van der Waals surface area (Å²) in [6.45, 7) is 0. The third-order valence-corrected chi connectivity index (χ3v) is 3.65. The smallest absolute Gasteiger partial charge is 0.249 e. The minimum Gasteiger partial charge on any atom is -0.293 e. The van der Waals surface area contributed by atoms with E-state index in [9.17, 15) is 4.79 Å². The van der Waals surface area contributed by atoms with Gasteiger partial charge < -0.3 is 0 Å². The predicted molar refractivity (Wildman–Crippen MR) is 74.8 cm³/mol. The summed E-state index contributed by atoms with van der Waals surface area (Å²) in [5, 5.41) is 9.66. The Morgan fingerprint density at radius 1 is 1.20 bits per heavy atom. The van der Waals surface area contributed by atoms with Crippen molar-refractivity contribution in [2.45, 2.75) is 32.1 Å². The van der Waals surface area contributed by atoms with E-state index in [1.165, 1.54) is 6.42 Å². The molecule has 0 atom stereocenters. The normalized spacial score (nSPS) is 16.0. The lowest BCUT2D eigenvalue weighted by Gasteiger charge is -2.19. The first-order valence-corrected chi connectivity index (χ1v) is 6.96. The molecule has 104 valence electrons. The molecule has 0 bridgehead atoms. The van der Waals surface area contributed by atoms with Crippen LogP contribution in [0.2, 0.25) is 0 Å². The first-order chi connectivity index (χ1) is 9.83. The number of anilines is 1. The maximum atomic E-state index is 12.1. The molecule has 2 aromatic heterocycles. The third kappa shape index (κ3) is 2.84. The van der Waals surface area contributed by atoms with E-state index in [2.05, 4.69) is 25.5 Å². The van der Waals surface area contributed by atoms with E-state index in [-0.39, 0.29) is 11.8 Å². The number of aromatic amines is 1. The lowest BCUT2D eigenvalue weighted by molar-refractivity contribution is -0.120. The van der Waals surface area contributed by atoms with Crippen LogP contribution >= 0.6 is 0 Å². The van der Waals surface area contributed by atoms with Crippen molar-refractivity contribution in [3.8, 4) is 11.4 Å². The first-order valence-electron chi connectivity index (χ1n) is 6.96. The zero-order valence-corrected chi connectivity index (χ0v) is 11.2. The molecule has 6 heteroatoms. The van der Waals surface area contributed by atoms with E-state index in [4.69, 9.17) is 0 Å². The molecule has 6 nitrogen and oxygen atoms in total. The minimum absolute atomic E-state index is 0.0324. The van der Waals surface area contributed by atoms with Gasteiger partial charge in [-0.15, -0.1) is 5.10 Å². The van der Waals surface area contributed by atoms with Crippen LogP contribution in [0.1, 0.15) is 32.1 Å². The molecule has 2 aromatic rings. The molecule has 0 unspecified atom stereocenters. The molecular formula is C14H17N5O. The Balaban J connectivity index is 1.66. The molecule has 0 radical (unpaired) electrons. The Kier molecular flexibility index (Phi) is 3.71. The summed E-state index contributed by atoms with van der Waals surface area (Å²) in [5.41, 5.74) is 0.894. The zero-order chi connectivity index (χ0) is 13.8. The predicted octanol–water partition coefficient (Wildman–Crippen LogP) is 2.39. The number of pyridine rings is 1. The van der Waals surface area contributed by atoms with Crippen LogP contribution in [0.25, 0.3) is 11.4 Å². The molecule has 0 aromatic carbocycles. The number of carbonyl (C=O) groups is 1. The molecule has 1 amide bonds. The number of aromatic nitrogens is 4. The van der Waals surface area contributed by atoms with Crippen molar-refractivity contribution in [3.05, 3.63) is 24.5 Å². The number of hydrogen-bond acceptors (Lipinski definition) is 4. The fourth-order valence-electron chi connectivity index (χ4n) is 2.53. The summed E-state index contributed by atoms with van der Waals surface area (Å²) in [6, 6.07) is 3.68. The summed E-state index contributed by atoms with van der Waals surface area (Å²) in [5.74, 6) is 1.11. The van der Waals surface area contributed by atoms with Gasteiger partial charge >= 0.3 is 0 Å². The maximum Gasteiger partial charge on any atom is 0.249 e. The van der Waals surface area contributed by atoms with Gasteiger partial charge in [-0.1, -0.05) is 19.3 Å². The van der Waals surface area contributed by atoms with Crippen molar-refractivity contribution in [3.63, 3.8) is 0 Å². The van der Waals surface area contributed by atoms with E-state index in [1.807, 2.05) is 12.1 Å². The van der Waals surface area contributed by atoms with E-state index in [0.717, 1.165) is 31.2 Å². The number of carbonyl (C=O) groups excluding carboxylic acids is 1. The molecular weight excluding hydrogens is 254 g/mol. The summed E-state index contributed by atoms with van der Waals surface area (Å²) in [7, 11) is 0. The molecule has 1 aliphatic rings. The first kappa shape index (κ1) is 12.8. The van der Waals surface area contributed by atoms with Crippen LogP contribution in [0.3, 0.4) is 0 Å². The number of rotatable bonds is 3. The van der Waals surface area contributed by atoms with E-state index < -0.39 is 0 Å². The average Bonchev–Trinajstić information content (AvgIpc) is 2.97. The lowest BCUT2D eigenvalue weighted by Crippen LogP contribution is -2.25. The van der Waals surface area contributed by atoms with Crippen molar-refractivity contribution in [2.75, 3.05) is 5.32 Å². The maximum absolute atomic E-state index is 12.1. The largest absolute Gasteiger partial charge is 0.293 e. The molecule has 0 aliphatic heterocycles. The minimum atomic E-state index is 0.0324. The van der Waals surface area contributed by atoms with Crippen molar-refractivity contribution in [1.29, 1.82) is 0 Å². The number of amides is 1. The summed E-state index contributed by atoms with van der Waals surface area (Å²) in [4.78, 5) is 20.3. The molecule has 2 heterocycles. The Labute approximate surface area is 117 Å².